The molecule has 3 heterocycles. The van der Waals surface area contributed by atoms with Crippen molar-refractivity contribution < 1.29 is 8.78 Å². The van der Waals surface area contributed by atoms with E-state index in [1.165, 1.54) is 24.4 Å². The second-order valence-corrected chi connectivity index (χ2v) is 7.30. The first kappa shape index (κ1) is 19.3. The minimum atomic E-state index is -0.684. The number of pyridine rings is 1. The number of hydrogen-bond donors (Lipinski definition) is 2. The molecule has 8 heteroatoms. The van der Waals surface area contributed by atoms with Crippen LogP contribution in [0.2, 0.25) is 0 Å². The van der Waals surface area contributed by atoms with E-state index in [1.807, 2.05) is 12.1 Å². The first-order valence-electron chi connectivity index (χ1n) is 10.1. The first-order valence-corrected chi connectivity index (χ1v) is 10.1. The van der Waals surface area contributed by atoms with Crippen LogP contribution < -0.4 is 15.5 Å². The first-order chi connectivity index (χ1) is 15.2. The Hall–Kier alpha value is -3.65. The van der Waals surface area contributed by atoms with Crippen LogP contribution in [0.15, 0.2) is 60.9 Å². The SMILES string of the molecule is Fc1cccc(F)c1-c1nccc2cnc(Nc3ccc(N4CCNCC4)cc3)nc12. The van der Waals surface area contributed by atoms with Crippen molar-refractivity contribution >= 4 is 28.2 Å². The van der Waals surface area contributed by atoms with E-state index in [9.17, 15) is 8.78 Å². The number of aromatic nitrogens is 3. The quantitative estimate of drug-likeness (QED) is 0.520. The van der Waals surface area contributed by atoms with Crippen LogP contribution in [0.25, 0.3) is 22.2 Å². The maximum Gasteiger partial charge on any atom is 0.227 e. The van der Waals surface area contributed by atoms with Crippen molar-refractivity contribution in [1.29, 1.82) is 0 Å². The third-order valence-electron chi connectivity index (χ3n) is 5.30. The van der Waals surface area contributed by atoms with Gasteiger partial charge in [0, 0.05) is 55.3 Å². The van der Waals surface area contributed by atoms with Crippen LogP contribution in [0.1, 0.15) is 0 Å². The summed E-state index contributed by atoms with van der Waals surface area (Å²) in [6.45, 7) is 3.90. The zero-order chi connectivity index (χ0) is 21.2. The summed E-state index contributed by atoms with van der Waals surface area (Å²) in [5.41, 5.74) is 2.31. The molecule has 1 aliphatic rings. The molecule has 6 nitrogen and oxygen atoms in total. The lowest BCUT2D eigenvalue weighted by Crippen LogP contribution is -2.43. The number of anilines is 3. The molecule has 2 aromatic carbocycles. The summed E-state index contributed by atoms with van der Waals surface area (Å²) in [5.74, 6) is -1.04. The van der Waals surface area contributed by atoms with Crippen LogP contribution in [0.5, 0.6) is 0 Å². The van der Waals surface area contributed by atoms with Crippen molar-refractivity contribution in [3.05, 3.63) is 72.6 Å². The number of benzene rings is 2. The largest absolute Gasteiger partial charge is 0.369 e. The molecule has 1 fully saturated rings. The maximum absolute atomic E-state index is 14.4. The molecule has 0 spiro atoms. The molecule has 2 aromatic heterocycles. The minimum Gasteiger partial charge on any atom is -0.369 e. The van der Waals surface area contributed by atoms with E-state index in [1.54, 1.807) is 12.3 Å². The zero-order valence-electron chi connectivity index (χ0n) is 16.6. The van der Waals surface area contributed by atoms with Gasteiger partial charge in [0.15, 0.2) is 0 Å². The summed E-state index contributed by atoms with van der Waals surface area (Å²) < 4.78 is 28.7. The fourth-order valence-corrected chi connectivity index (χ4v) is 3.73. The predicted octanol–water partition coefficient (Wildman–Crippen LogP) is 4.12. The van der Waals surface area contributed by atoms with Gasteiger partial charge < -0.3 is 15.5 Å². The summed E-state index contributed by atoms with van der Waals surface area (Å²) in [6.07, 6.45) is 3.11. The van der Waals surface area contributed by atoms with Crippen LogP contribution in [0.3, 0.4) is 0 Å². The highest BCUT2D eigenvalue weighted by Crippen LogP contribution is 2.30. The molecule has 0 unspecified atom stereocenters. The second kappa shape index (κ2) is 8.23. The molecule has 4 aromatic rings. The number of fused-ring (bicyclic) bond motifs is 1. The summed E-state index contributed by atoms with van der Waals surface area (Å²) in [7, 11) is 0. The predicted molar refractivity (Wildman–Crippen MR) is 117 cm³/mol. The lowest BCUT2D eigenvalue weighted by Gasteiger charge is -2.29. The molecule has 0 amide bonds. The monoisotopic (exact) mass is 418 g/mol. The Bertz CT molecular complexity index is 1200. The van der Waals surface area contributed by atoms with Gasteiger partial charge in [-0.05, 0) is 42.5 Å². The Labute approximate surface area is 178 Å². The molecule has 0 aliphatic carbocycles. The molecule has 1 saturated heterocycles. The van der Waals surface area contributed by atoms with E-state index >= 15 is 0 Å². The Morgan fingerprint density at radius 3 is 2.39 bits per heavy atom. The lowest BCUT2D eigenvalue weighted by molar-refractivity contribution is 0.589. The smallest absolute Gasteiger partial charge is 0.227 e. The molecule has 0 radical (unpaired) electrons. The van der Waals surface area contributed by atoms with Crippen LogP contribution in [-0.2, 0) is 0 Å². The summed E-state index contributed by atoms with van der Waals surface area (Å²) in [5, 5.41) is 7.16. The molecule has 156 valence electrons. The van der Waals surface area contributed by atoms with Crippen molar-refractivity contribution in [3.8, 4) is 11.3 Å². The van der Waals surface area contributed by atoms with Crippen LogP contribution >= 0.6 is 0 Å². The van der Waals surface area contributed by atoms with Gasteiger partial charge in [-0.2, -0.15) is 0 Å². The third kappa shape index (κ3) is 3.89. The van der Waals surface area contributed by atoms with Gasteiger partial charge in [0.05, 0.1) is 5.56 Å². The Kier molecular flexibility index (Phi) is 5.13. The molecule has 2 N–H and O–H groups in total. The molecular weight excluding hydrogens is 398 g/mol. The topological polar surface area (TPSA) is 66.0 Å². The molecule has 1 aliphatic heterocycles. The van der Waals surface area contributed by atoms with Crippen molar-refractivity contribution in [2.45, 2.75) is 0 Å². The van der Waals surface area contributed by atoms with Crippen LogP contribution in [0, 0.1) is 11.6 Å². The summed E-state index contributed by atoms with van der Waals surface area (Å²) >= 11 is 0. The molecule has 0 atom stereocenters. The highest BCUT2D eigenvalue weighted by Gasteiger charge is 2.17. The van der Waals surface area contributed by atoms with Gasteiger partial charge in [-0.15, -0.1) is 0 Å². The van der Waals surface area contributed by atoms with Crippen molar-refractivity contribution in [2.24, 2.45) is 0 Å². The Balaban J connectivity index is 1.46. The van der Waals surface area contributed by atoms with E-state index in [0.29, 0.717) is 16.9 Å². The lowest BCUT2D eigenvalue weighted by atomic mass is 10.1. The fraction of sp³-hybridized carbons (Fsp3) is 0.174. The average Bonchev–Trinajstić information content (AvgIpc) is 2.80. The van der Waals surface area contributed by atoms with E-state index in [2.05, 4.69) is 42.6 Å². The van der Waals surface area contributed by atoms with Gasteiger partial charge in [-0.1, -0.05) is 6.07 Å². The van der Waals surface area contributed by atoms with Gasteiger partial charge in [0.25, 0.3) is 0 Å². The molecule has 31 heavy (non-hydrogen) atoms. The number of rotatable bonds is 4. The van der Waals surface area contributed by atoms with Gasteiger partial charge in [-0.25, -0.2) is 18.7 Å². The molecule has 0 bridgehead atoms. The second-order valence-electron chi connectivity index (χ2n) is 7.30. The zero-order valence-corrected chi connectivity index (χ0v) is 16.6. The number of piperazine rings is 1. The maximum atomic E-state index is 14.4. The number of halogens is 2. The van der Waals surface area contributed by atoms with Crippen LogP contribution in [0.4, 0.5) is 26.1 Å². The highest BCUT2D eigenvalue weighted by atomic mass is 19.1. The molecule has 5 rings (SSSR count). The van der Waals surface area contributed by atoms with Crippen molar-refractivity contribution in [1.82, 2.24) is 20.3 Å². The van der Waals surface area contributed by atoms with E-state index < -0.39 is 11.6 Å². The van der Waals surface area contributed by atoms with Crippen molar-refractivity contribution in [3.63, 3.8) is 0 Å². The third-order valence-corrected chi connectivity index (χ3v) is 5.30. The van der Waals surface area contributed by atoms with E-state index in [-0.39, 0.29) is 11.3 Å². The number of hydrogen-bond acceptors (Lipinski definition) is 6. The Morgan fingerprint density at radius 1 is 0.903 bits per heavy atom. The standard InChI is InChI=1S/C23H20F2N6/c24-18-2-1-3-19(25)20(18)22-21-15(8-9-27-22)14-28-23(30-21)29-16-4-6-17(7-5-16)31-12-10-26-11-13-31/h1-9,14,26H,10-13H2,(H,28,29,30). The number of nitrogens with one attached hydrogen (secondary N) is 2. The highest BCUT2D eigenvalue weighted by molar-refractivity contribution is 5.91. The normalized spacial score (nSPS) is 14.1. The van der Waals surface area contributed by atoms with Gasteiger partial charge >= 0.3 is 0 Å². The van der Waals surface area contributed by atoms with E-state index in [4.69, 9.17) is 0 Å². The minimum absolute atomic E-state index is 0.146. The average molecular weight is 418 g/mol. The molecule has 0 saturated carbocycles. The summed E-state index contributed by atoms with van der Waals surface area (Å²) in [6, 6.07) is 13.5. The Morgan fingerprint density at radius 2 is 1.65 bits per heavy atom. The van der Waals surface area contributed by atoms with Gasteiger partial charge in [0.2, 0.25) is 5.95 Å². The molecular formula is C23H20F2N6. The van der Waals surface area contributed by atoms with Crippen LogP contribution in [-0.4, -0.2) is 41.1 Å². The summed E-state index contributed by atoms with van der Waals surface area (Å²) in [4.78, 5) is 15.4. The van der Waals surface area contributed by atoms with E-state index in [0.717, 1.165) is 37.6 Å². The number of nitrogens with zero attached hydrogens (tertiary/aromatic N) is 4. The van der Waals surface area contributed by atoms with Gasteiger partial charge in [0.1, 0.15) is 22.8 Å². The fourth-order valence-electron chi connectivity index (χ4n) is 3.73. The van der Waals surface area contributed by atoms with Crippen molar-refractivity contribution in [2.75, 3.05) is 36.4 Å². The van der Waals surface area contributed by atoms with Gasteiger partial charge in [-0.3, -0.25) is 4.98 Å².